The molecule has 1 atom stereocenters. The van der Waals surface area contributed by atoms with E-state index in [1.807, 2.05) is 17.5 Å². The first kappa shape index (κ1) is 12.4. The van der Waals surface area contributed by atoms with Gasteiger partial charge in [0.25, 0.3) is 0 Å². The monoisotopic (exact) mass is 221 g/mol. The molecule has 0 radical (unpaired) electrons. The van der Waals surface area contributed by atoms with Crippen molar-refractivity contribution in [1.29, 1.82) is 0 Å². The van der Waals surface area contributed by atoms with Gasteiger partial charge < -0.3 is 5.11 Å². The average Bonchev–Trinajstić information content (AvgIpc) is 2.37. The molecule has 0 aliphatic carbocycles. The minimum Gasteiger partial charge on any atom is -0.480 e. The molecule has 1 heterocycles. The lowest BCUT2D eigenvalue weighted by Gasteiger charge is -2.17. The van der Waals surface area contributed by atoms with Crippen LogP contribution >= 0.6 is 23.7 Å². The normalized spacial score (nSPS) is 12.2. The number of rotatable bonds is 3. The number of thiophene rings is 1. The summed E-state index contributed by atoms with van der Waals surface area (Å²) in [4.78, 5) is 13.4. The molecule has 0 amide bonds. The molecule has 13 heavy (non-hydrogen) atoms. The zero-order chi connectivity index (χ0) is 9.14. The van der Waals surface area contributed by atoms with E-state index in [1.54, 1.807) is 19.0 Å². The van der Waals surface area contributed by atoms with Gasteiger partial charge in [-0.25, -0.2) is 0 Å². The Bertz CT molecular complexity index is 261. The number of hydrogen-bond donors (Lipinski definition) is 1. The lowest BCUT2D eigenvalue weighted by Crippen LogP contribution is -2.26. The first-order valence-corrected chi connectivity index (χ1v) is 4.43. The van der Waals surface area contributed by atoms with Gasteiger partial charge in [-0.1, -0.05) is 6.07 Å². The van der Waals surface area contributed by atoms with Crippen LogP contribution in [0.25, 0.3) is 0 Å². The number of carboxylic acid groups (broad SMARTS) is 1. The summed E-state index contributed by atoms with van der Waals surface area (Å²) in [6.45, 7) is 0. The minimum absolute atomic E-state index is 0. The lowest BCUT2D eigenvalue weighted by molar-refractivity contribution is -0.142. The fraction of sp³-hybridized carbons (Fsp3) is 0.375. The van der Waals surface area contributed by atoms with Crippen molar-refractivity contribution in [3.63, 3.8) is 0 Å². The number of carbonyl (C=O) groups is 1. The highest BCUT2D eigenvalue weighted by Crippen LogP contribution is 2.22. The van der Waals surface area contributed by atoms with Crippen molar-refractivity contribution in [2.24, 2.45) is 0 Å². The molecule has 0 saturated heterocycles. The predicted molar refractivity (Wildman–Crippen MR) is 55.6 cm³/mol. The molecule has 0 aliphatic rings. The third kappa shape index (κ3) is 2.99. The van der Waals surface area contributed by atoms with Crippen LogP contribution < -0.4 is 0 Å². The van der Waals surface area contributed by atoms with E-state index in [2.05, 4.69) is 0 Å². The van der Waals surface area contributed by atoms with Crippen molar-refractivity contribution in [3.05, 3.63) is 22.4 Å². The Labute approximate surface area is 87.4 Å². The Morgan fingerprint density at radius 2 is 2.23 bits per heavy atom. The van der Waals surface area contributed by atoms with E-state index >= 15 is 0 Å². The summed E-state index contributed by atoms with van der Waals surface area (Å²) in [7, 11) is 3.52. The van der Waals surface area contributed by atoms with E-state index in [0.717, 1.165) is 4.88 Å². The van der Waals surface area contributed by atoms with Crippen LogP contribution in [0.1, 0.15) is 10.9 Å². The largest absolute Gasteiger partial charge is 0.480 e. The summed E-state index contributed by atoms with van der Waals surface area (Å²) in [5.74, 6) is -0.803. The van der Waals surface area contributed by atoms with Crippen LogP contribution in [0.5, 0.6) is 0 Å². The zero-order valence-corrected chi connectivity index (χ0v) is 9.06. The molecular weight excluding hydrogens is 210 g/mol. The van der Waals surface area contributed by atoms with Crippen molar-refractivity contribution in [3.8, 4) is 0 Å². The standard InChI is InChI=1S/C8H11NO2S.ClH/c1-9(2)7(8(10)11)6-4-3-5-12-6;/h3-5,7H,1-2H3,(H,10,11);1H. The molecule has 1 N–H and O–H groups in total. The lowest BCUT2D eigenvalue weighted by atomic mass is 10.2. The summed E-state index contributed by atoms with van der Waals surface area (Å²) in [6.07, 6.45) is 0. The van der Waals surface area contributed by atoms with Gasteiger partial charge in [0.05, 0.1) is 0 Å². The predicted octanol–water partition coefficient (Wildman–Crippen LogP) is 1.86. The van der Waals surface area contributed by atoms with Gasteiger partial charge in [0, 0.05) is 4.88 Å². The third-order valence-corrected chi connectivity index (χ3v) is 2.49. The maximum Gasteiger partial charge on any atom is 0.326 e. The quantitative estimate of drug-likeness (QED) is 0.847. The second kappa shape index (κ2) is 5.21. The van der Waals surface area contributed by atoms with Gasteiger partial charge in [0.1, 0.15) is 6.04 Å². The Balaban J connectivity index is 0.00000144. The van der Waals surface area contributed by atoms with E-state index in [4.69, 9.17) is 5.11 Å². The van der Waals surface area contributed by atoms with Crippen molar-refractivity contribution in [1.82, 2.24) is 4.90 Å². The summed E-state index contributed by atoms with van der Waals surface area (Å²) in [5.41, 5.74) is 0. The molecule has 0 spiro atoms. The van der Waals surface area contributed by atoms with E-state index < -0.39 is 12.0 Å². The van der Waals surface area contributed by atoms with Gasteiger partial charge in [0.15, 0.2) is 0 Å². The first-order valence-electron chi connectivity index (χ1n) is 3.55. The van der Waals surface area contributed by atoms with Crippen molar-refractivity contribution in [2.45, 2.75) is 6.04 Å². The summed E-state index contributed by atoms with van der Waals surface area (Å²) < 4.78 is 0. The zero-order valence-electron chi connectivity index (χ0n) is 7.43. The average molecular weight is 222 g/mol. The van der Waals surface area contributed by atoms with Crippen LogP contribution in [0.2, 0.25) is 0 Å². The topological polar surface area (TPSA) is 40.5 Å². The fourth-order valence-corrected chi connectivity index (χ4v) is 1.96. The van der Waals surface area contributed by atoms with Gasteiger partial charge in [-0.05, 0) is 25.5 Å². The highest BCUT2D eigenvalue weighted by atomic mass is 35.5. The van der Waals surface area contributed by atoms with Gasteiger partial charge >= 0.3 is 5.97 Å². The third-order valence-electron chi connectivity index (χ3n) is 1.56. The molecule has 0 aromatic carbocycles. The van der Waals surface area contributed by atoms with Gasteiger partial charge in [-0.15, -0.1) is 23.7 Å². The van der Waals surface area contributed by atoms with E-state index in [-0.39, 0.29) is 12.4 Å². The molecular formula is C8H12ClNO2S. The fourth-order valence-electron chi connectivity index (χ4n) is 1.04. The molecule has 1 aromatic heterocycles. The summed E-state index contributed by atoms with van der Waals surface area (Å²) in [5, 5.41) is 10.8. The van der Waals surface area contributed by atoms with Crippen molar-refractivity contribution >= 4 is 29.7 Å². The van der Waals surface area contributed by atoms with Crippen LogP contribution in [0, 0.1) is 0 Å². The van der Waals surface area contributed by atoms with Gasteiger partial charge in [-0.2, -0.15) is 0 Å². The summed E-state index contributed by atoms with van der Waals surface area (Å²) >= 11 is 1.47. The number of likely N-dealkylation sites (N-methyl/N-ethyl adjacent to an activating group) is 1. The highest BCUT2D eigenvalue weighted by molar-refractivity contribution is 7.10. The Kier molecular flexibility index (Phi) is 4.98. The molecule has 1 rings (SSSR count). The van der Waals surface area contributed by atoms with E-state index in [1.165, 1.54) is 11.3 Å². The Hall–Kier alpha value is -0.580. The molecule has 5 heteroatoms. The van der Waals surface area contributed by atoms with E-state index in [0.29, 0.717) is 0 Å². The Morgan fingerprint density at radius 3 is 2.54 bits per heavy atom. The SMILES string of the molecule is CN(C)C(C(=O)O)c1cccs1.Cl. The molecule has 0 saturated carbocycles. The molecule has 74 valence electrons. The number of halogens is 1. The first-order chi connectivity index (χ1) is 5.63. The smallest absolute Gasteiger partial charge is 0.326 e. The van der Waals surface area contributed by atoms with Crippen LogP contribution in [-0.2, 0) is 4.79 Å². The van der Waals surface area contributed by atoms with Crippen LogP contribution in [0.15, 0.2) is 17.5 Å². The second-order valence-corrected chi connectivity index (χ2v) is 3.70. The Morgan fingerprint density at radius 1 is 1.62 bits per heavy atom. The number of nitrogens with zero attached hydrogens (tertiary/aromatic N) is 1. The maximum atomic E-state index is 10.8. The van der Waals surface area contributed by atoms with Gasteiger partial charge in [0.2, 0.25) is 0 Å². The van der Waals surface area contributed by atoms with Gasteiger partial charge in [-0.3, -0.25) is 9.69 Å². The second-order valence-electron chi connectivity index (χ2n) is 2.72. The van der Waals surface area contributed by atoms with Crippen LogP contribution in [-0.4, -0.2) is 30.1 Å². The van der Waals surface area contributed by atoms with Crippen molar-refractivity contribution in [2.75, 3.05) is 14.1 Å². The number of hydrogen-bond acceptors (Lipinski definition) is 3. The van der Waals surface area contributed by atoms with Crippen LogP contribution in [0.4, 0.5) is 0 Å². The minimum atomic E-state index is -0.803. The number of carboxylic acids is 1. The molecule has 0 aliphatic heterocycles. The highest BCUT2D eigenvalue weighted by Gasteiger charge is 2.22. The molecule has 3 nitrogen and oxygen atoms in total. The maximum absolute atomic E-state index is 10.8. The molecule has 0 fully saturated rings. The van der Waals surface area contributed by atoms with Crippen molar-refractivity contribution < 1.29 is 9.90 Å². The molecule has 0 bridgehead atoms. The van der Waals surface area contributed by atoms with E-state index in [9.17, 15) is 4.79 Å². The van der Waals surface area contributed by atoms with Crippen LogP contribution in [0.3, 0.4) is 0 Å². The molecule has 1 unspecified atom stereocenters. The summed E-state index contributed by atoms with van der Waals surface area (Å²) in [6, 6.07) is 3.19. The molecule has 1 aromatic rings. The number of aliphatic carboxylic acids is 1.